The average Bonchev–Trinajstić information content (AvgIpc) is 2.58. The highest BCUT2D eigenvalue weighted by Gasteiger charge is 2.37. The first-order valence-electron chi connectivity index (χ1n) is 6.11. The predicted octanol–water partition coefficient (Wildman–Crippen LogP) is 3.41. The van der Waals surface area contributed by atoms with Gasteiger partial charge >= 0.3 is 0 Å². The molecule has 1 aromatic carbocycles. The van der Waals surface area contributed by atoms with E-state index in [-0.39, 0.29) is 23.0 Å². The van der Waals surface area contributed by atoms with Crippen LogP contribution in [0.2, 0.25) is 5.02 Å². The van der Waals surface area contributed by atoms with E-state index in [1.54, 1.807) is 0 Å². The quantitative estimate of drug-likeness (QED) is 0.713. The zero-order valence-corrected chi connectivity index (χ0v) is 10.5. The van der Waals surface area contributed by atoms with Gasteiger partial charge in [0.05, 0.1) is 16.6 Å². The lowest BCUT2D eigenvalue weighted by Crippen LogP contribution is -2.42. The van der Waals surface area contributed by atoms with Crippen LogP contribution in [0.5, 0.6) is 0 Å². The number of nitrogens with zero attached hydrogens (tertiary/aromatic N) is 1. The minimum atomic E-state index is -0.418. The van der Waals surface area contributed by atoms with Gasteiger partial charge in [-0.25, -0.2) is 4.39 Å². The summed E-state index contributed by atoms with van der Waals surface area (Å²) in [4.78, 5) is 14.4. The van der Waals surface area contributed by atoms with Gasteiger partial charge in [-0.2, -0.15) is 0 Å². The van der Waals surface area contributed by atoms with E-state index in [2.05, 4.69) is 12.2 Å². The van der Waals surface area contributed by atoms with E-state index in [0.717, 1.165) is 19.3 Å². The van der Waals surface area contributed by atoms with Crippen molar-refractivity contribution in [3.05, 3.63) is 46.8 Å². The standard InChI is InChI=1S/C14H13ClFNO/c15-13-8-9(16)4-7-12(13)14(18)17-10-2-1-3-11(17)6-5-10/h1-2,4,7-8,10-11H,3,5-6H2/t10-,11-/m0/s1. The van der Waals surface area contributed by atoms with Crippen LogP contribution in [0.3, 0.4) is 0 Å². The summed E-state index contributed by atoms with van der Waals surface area (Å²) in [6.45, 7) is 0. The molecule has 0 aromatic heterocycles. The number of carbonyl (C=O) groups excluding carboxylic acids is 1. The molecular formula is C14H13ClFNO. The average molecular weight is 266 g/mol. The fourth-order valence-electron chi connectivity index (χ4n) is 2.84. The summed E-state index contributed by atoms with van der Waals surface area (Å²) in [5.41, 5.74) is 0.394. The van der Waals surface area contributed by atoms with Crippen LogP contribution >= 0.6 is 11.6 Å². The highest BCUT2D eigenvalue weighted by molar-refractivity contribution is 6.33. The Morgan fingerprint density at radius 3 is 2.94 bits per heavy atom. The van der Waals surface area contributed by atoms with Crippen molar-refractivity contribution < 1.29 is 9.18 Å². The van der Waals surface area contributed by atoms with Crippen molar-refractivity contribution in [1.29, 1.82) is 0 Å². The van der Waals surface area contributed by atoms with Gasteiger partial charge in [0.15, 0.2) is 0 Å². The number of carbonyl (C=O) groups is 1. The number of rotatable bonds is 1. The van der Waals surface area contributed by atoms with E-state index >= 15 is 0 Å². The molecule has 2 atom stereocenters. The Hall–Kier alpha value is -1.35. The summed E-state index contributed by atoms with van der Waals surface area (Å²) in [7, 11) is 0. The molecule has 1 saturated heterocycles. The summed E-state index contributed by atoms with van der Waals surface area (Å²) in [5, 5.41) is 0.189. The van der Waals surface area contributed by atoms with Crippen LogP contribution in [-0.2, 0) is 0 Å². The molecule has 18 heavy (non-hydrogen) atoms. The van der Waals surface area contributed by atoms with Crippen molar-refractivity contribution in [2.45, 2.75) is 31.3 Å². The number of halogens is 2. The van der Waals surface area contributed by atoms with Crippen LogP contribution in [0.1, 0.15) is 29.6 Å². The van der Waals surface area contributed by atoms with Crippen LogP contribution < -0.4 is 0 Å². The highest BCUT2D eigenvalue weighted by Crippen LogP contribution is 2.33. The molecule has 2 heterocycles. The Bertz CT molecular complexity index is 529. The van der Waals surface area contributed by atoms with Crippen LogP contribution in [0.4, 0.5) is 4.39 Å². The van der Waals surface area contributed by atoms with Crippen molar-refractivity contribution in [1.82, 2.24) is 4.90 Å². The molecule has 2 aliphatic rings. The highest BCUT2D eigenvalue weighted by atomic mass is 35.5. The summed E-state index contributed by atoms with van der Waals surface area (Å²) in [6, 6.07) is 4.39. The third-order valence-corrected chi connectivity index (χ3v) is 4.02. The van der Waals surface area contributed by atoms with Gasteiger partial charge in [-0.1, -0.05) is 23.8 Å². The normalized spacial score (nSPS) is 25.6. The fourth-order valence-corrected chi connectivity index (χ4v) is 3.09. The lowest BCUT2D eigenvalue weighted by atomic mass is 10.1. The van der Waals surface area contributed by atoms with E-state index < -0.39 is 5.82 Å². The largest absolute Gasteiger partial charge is 0.329 e. The van der Waals surface area contributed by atoms with E-state index in [9.17, 15) is 9.18 Å². The maximum absolute atomic E-state index is 13.0. The molecule has 0 saturated carbocycles. The van der Waals surface area contributed by atoms with Crippen LogP contribution in [0, 0.1) is 5.82 Å². The topological polar surface area (TPSA) is 20.3 Å². The lowest BCUT2D eigenvalue weighted by Gasteiger charge is -2.31. The molecule has 0 unspecified atom stereocenters. The van der Waals surface area contributed by atoms with Gasteiger partial charge in [-0.05, 0) is 37.5 Å². The lowest BCUT2D eigenvalue weighted by molar-refractivity contribution is 0.0689. The Kier molecular flexibility index (Phi) is 2.86. The molecule has 2 nitrogen and oxygen atoms in total. The number of benzene rings is 1. The molecule has 1 amide bonds. The minimum absolute atomic E-state index is 0.0862. The second kappa shape index (κ2) is 4.39. The van der Waals surface area contributed by atoms with E-state index in [0.29, 0.717) is 5.56 Å². The molecule has 0 spiro atoms. The summed E-state index contributed by atoms with van der Waals surface area (Å²) in [5.74, 6) is -0.505. The zero-order valence-electron chi connectivity index (χ0n) is 9.77. The molecule has 4 heteroatoms. The maximum atomic E-state index is 13.0. The molecule has 1 aromatic rings. The summed E-state index contributed by atoms with van der Waals surface area (Å²) in [6.07, 6.45) is 7.16. The molecule has 94 valence electrons. The third-order valence-electron chi connectivity index (χ3n) is 3.71. The molecule has 2 bridgehead atoms. The third kappa shape index (κ3) is 1.83. The Morgan fingerprint density at radius 2 is 2.22 bits per heavy atom. The minimum Gasteiger partial charge on any atom is -0.329 e. The zero-order chi connectivity index (χ0) is 12.7. The summed E-state index contributed by atoms with van der Waals surface area (Å²) < 4.78 is 13.0. The fraction of sp³-hybridized carbons (Fsp3) is 0.357. The smallest absolute Gasteiger partial charge is 0.256 e. The van der Waals surface area contributed by atoms with Gasteiger partial charge < -0.3 is 4.90 Å². The SMILES string of the molecule is O=C(c1ccc(F)cc1Cl)N1[C@H]2CC=C[C@H]1CC2. The first-order chi connectivity index (χ1) is 8.66. The van der Waals surface area contributed by atoms with Crippen LogP contribution in [-0.4, -0.2) is 22.9 Å². The maximum Gasteiger partial charge on any atom is 0.256 e. The monoisotopic (exact) mass is 265 g/mol. The summed E-state index contributed by atoms with van der Waals surface area (Å²) >= 11 is 5.95. The van der Waals surface area contributed by atoms with Gasteiger partial charge in [-0.15, -0.1) is 0 Å². The number of hydrogen-bond donors (Lipinski definition) is 0. The number of hydrogen-bond acceptors (Lipinski definition) is 1. The Balaban J connectivity index is 1.93. The molecule has 1 fully saturated rings. The number of fused-ring (bicyclic) bond motifs is 2. The van der Waals surface area contributed by atoms with Crippen molar-refractivity contribution in [2.24, 2.45) is 0 Å². The van der Waals surface area contributed by atoms with E-state index in [1.807, 2.05) is 4.90 Å². The first-order valence-corrected chi connectivity index (χ1v) is 6.49. The van der Waals surface area contributed by atoms with Crippen LogP contribution in [0.15, 0.2) is 30.4 Å². The van der Waals surface area contributed by atoms with Gasteiger partial charge in [0.25, 0.3) is 5.91 Å². The number of amides is 1. The van der Waals surface area contributed by atoms with Gasteiger partial charge in [0.2, 0.25) is 0 Å². The van der Waals surface area contributed by atoms with Crippen molar-refractivity contribution in [2.75, 3.05) is 0 Å². The van der Waals surface area contributed by atoms with Gasteiger partial charge in [0.1, 0.15) is 5.82 Å². The Labute approximate surface area is 110 Å². The molecule has 3 rings (SSSR count). The Morgan fingerprint density at radius 1 is 1.39 bits per heavy atom. The molecular weight excluding hydrogens is 253 g/mol. The van der Waals surface area contributed by atoms with Gasteiger partial charge in [0, 0.05) is 6.04 Å². The second-order valence-corrected chi connectivity index (χ2v) is 5.21. The van der Waals surface area contributed by atoms with Crippen molar-refractivity contribution in [3.63, 3.8) is 0 Å². The molecule has 2 aliphatic heterocycles. The van der Waals surface area contributed by atoms with Crippen molar-refractivity contribution >= 4 is 17.5 Å². The molecule has 0 N–H and O–H groups in total. The van der Waals surface area contributed by atoms with E-state index in [1.165, 1.54) is 18.2 Å². The molecule has 0 aliphatic carbocycles. The van der Waals surface area contributed by atoms with Crippen LogP contribution in [0.25, 0.3) is 0 Å². The first kappa shape index (κ1) is 11.7. The predicted molar refractivity (Wildman–Crippen MR) is 68.1 cm³/mol. The van der Waals surface area contributed by atoms with E-state index in [4.69, 9.17) is 11.6 Å². The molecule has 0 radical (unpaired) electrons. The van der Waals surface area contributed by atoms with Gasteiger partial charge in [-0.3, -0.25) is 4.79 Å². The van der Waals surface area contributed by atoms with Crippen molar-refractivity contribution in [3.8, 4) is 0 Å². The second-order valence-electron chi connectivity index (χ2n) is 4.80.